The van der Waals surface area contributed by atoms with Crippen LogP contribution in [-0.2, 0) is 0 Å². The van der Waals surface area contributed by atoms with E-state index >= 15 is 0 Å². The summed E-state index contributed by atoms with van der Waals surface area (Å²) in [7, 11) is 3.35. The highest BCUT2D eigenvalue weighted by atomic mass is 16.5. The molecule has 0 radical (unpaired) electrons. The maximum absolute atomic E-state index is 5.79. The van der Waals surface area contributed by atoms with Crippen molar-refractivity contribution in [2.24, 2.45) is 0 Å². The third-order valence-electron chi connectivity index (χ3n) is 3.78. The van der Waals surface area contributed by atoms with Gasteiger partial charge in [0.1, 0.15) is 23.9 Å². The van der Waals surface area contributed by atoms with Gasteiger partial charge in [-0.1, -0.05) is 29.9 Å². The average molecular weight is 338 g/mol. The number of rotatable bonds is 7. The van der Waals surface area contributed by atoms with Crippen LogP contribution >= 0.6 is 0 Å². The van der Waals surface area contributed by atoms with Gasteiger partial charge in [-0.3, -0.25) is 0 Å². The van der Waals surface area contributed by atoms with E-state index in [-0.39, 0.29) is 0 Å². The molecule has 0 spiro atoms. The van der Waals surface area contributed by atoms with Crippen molar-refractivity contribution >= 4 is 12.2 Å². The van der Waals surface area contributed by atoms with E-state index in [1.165, 1.54) is 5.57 Å². The van der Waals surface area contributed by atoms with Crippen molar-refractivity contribution in [1.29, 1.82) is 0 Å². The van der Waals surface area contributed by atoms with Crippen molar-refractivity contribution in [3.05, 3.63) is 64.7 Å². The number of allylic oxidation sites excluding steroid dienone is 1. The normalized spacial score (nSPS) is 10.6. The van der Waals surface area contributed by atoms with Crippen LogP contribution < -0.4 is 14.2 Å². The van der Waals surface area contributed by atoms with Crippen molar-refractivity contribution < 1.29 is 14.2 Å². The topological polar surface area (TPSA) is 27.7 Å². The molecule has 0 aliphatic rings. The molecule has 2 rings (SSSR count). The predicted molar refractivity (Wildman–Crippen MR) is 105 cm³/mol. The van der Waals surface area contributed by atoms with Gasteiger partial charge in [-0.15, -0.1) is 0 Å². The first-order valence-electron chi connectivity index (χ1n) is 8.30. The van der Waals surface area contributed by atoms with E-state index in [0.29, 0.717) is 6.61 Å². The van der Waals surface area contributed by atoms with Crippen LogP contribution in [0, 0.1) is 6.92 Å². The molecule has 0 fully saturated rings. The zero-order chi connectivity index (χ0) is 18.2. The highest BCUT2D eigenvalue weighted by Crippen LogP contribution is 2.25. The van der Waals surface area contributed by atoms with Gasteiger partial charge >= 0.3 is 0 Å². The molecule has 25 heavy (non-hydrogen) atoms. The quantitative estimate of drug-likeness (QED) is 0.491. The first kappa shape index (κ1) is 18.7. The summed E-state index contributed by atoms with van der Waals surface area (Å²) in [6, 6.07) is 12.0. The number of ether oxygens (including phenoxy) is 3. The smallest absolute Gasteiger partial charge is 0.124 e. The molecule has 0 aliphatic carbocycles. The van der Waals surface area contributed by atoms with Crippen LogP contribution in [0.4, 0.5) is 0 Å². The summed E-state index contributed by atoms with van der Waals surface area (Å²) in [5.41, 5.74) is 4.45. The second kappa shape index (κ2) is 8.97. The van der Waals surface area contributed by atoms with Crippen molar-refractivity contribution in [3.8, 4) is 17.2 Å². The Morgan fingerprint density at radius 3 is 2.28 bits per heavy atom. The average Bonchev–Trinajstić information content (AvgIpc) is 2.60. The SMILES string of the molecule is COc1cc(/C=C/c2ccc(C)c(OC)c2)cc(OCC=C(C)C)c1. The van der Waals surface area contributed by atoms with Gasteiger partial charge in [0.25, 0.3) is 0 Å². The number of methoxy groups -OCH3 is 2. The fourth-order valence-electron chi connectivity index (χ4n) is 2.33. The van der Waals surface area contributed by atoms with Gasteiger partial charge in [0.2, 0.25) is 0 Å². The van der Waals surface area contributed by atoms with E-state index < -0.39 is 0 Å². The van der Waals surface area contributed by atoms with Gasteiger partial charge in [0.05, 0.1) is 14.2 Å². The van der Waals surface area contributed by atoms with E-state index in [1.54, 1.807) is 14.2 Å². The maximum Gasteiger partial charge on any atom is 0.124 e. The Kier molecular flexibility index (Phi) is 6.70. The fraction of sp³-hybridized carbons (Fsp3) is 0.273. The van der Waals surface area contributed by atoms with E-state index in [2.05, 4.69) is 32.1 Å². The number of hydrogen-bond acceptors (Lipinski definition) is 3. The molecule has 2 aromatic rings. The molecule has 0 atom stereocenters. The molecular formula is C22H26O3. The monoisotopic (exact) mass is 338 g/mol. The summed E-state index contributed by atoms with van der Waals surface area (Å²) in [6.07, 6.45) is 6.14. The minimum atomic E-state index is 0.549. The third kappa shape index (κ3) is 5.71. The summed E-state index contributed by atoms with van der Waals surface area (Å²) in [5.74, 6) is 2.45. The first-order valence-corrected chi connectivity index (χ1v) is 8.30. The number of benzene rings is 2. The molecule has 0 unspecified atom stereocenters. The van der Waals surface area contributed by atoms with E-state index in [0.717, 1.165) is 33.9 Å². The Morgan fingerprint density at radius 1 is 0.880 bits per heavy atom. The Hall–Kier alpha value is -2.68. The molecule has 0 saturated heterocycles. The predicted octanol–water partition coefficient (Wildman–Crippen LogP) is 5.53. The summed E-state index contributed by atoms with van der Waals surface area (Å²) in [6.45, 7) is 6.69. The van der Waals surface area contributed by atoms with Crippen LogP contribution in [-0.4, -0.2) is 20.8 Å². The van der Waals surface area contributed by atoms with Crippen molar-refractivity contribution in [2.45, 2.75) is 20.8 Å². The zero-order valence-electron chi connectivity index (χ0n) is 15.6. The molecule has 3 heteroatoms. The van der Waals surface area contributed by atoms with Gasteiger partial charge in [0.15, 0.2) is 0 Å². The fourth-order valence-corrected chi connectivity index (χ4v) is 2.33. The lowest BCUT2D eigenvalue weighted by atomic mass is 10.1. The van der Waals surface area contributed by atoms with E-state index in [9.17, 15) is 0 Å². The second-order valence-electron chi connectivity index (χ2n) is 6.10. The molecule has 0 N–H and O–H groups in total. The zero-order valence-corrected chi connectivity index (χ0v) is 15.6. The molecule has 0 amide bonds. The third-order valence-corrected chi connectivity index (χ3v) is 3.78. The molecule has 3 nitrogen and oxygen atoms in total. The van der Waals surface area contributed by atoms with Gasteiger partial charge in [-0.2, -0.15) is 0 Å². The largest absolute Gasteiger partial charge is 0.497 e. The highest BCUT2D eigenvalue weighted by Gasteiger charge is 2.02. The summed E-state index contributed by atoms with van der Waals surface area (Å²) < 4.78 is 16.5. The maximum atomic E-state index is 5.79. The Bertz CT molecular complexity index is 769. The van der Waals surface area contributed by atoms with Crippen LogP contribution in [0.1, 0.15) is 30.5 Å². The first-order chi connectivity index (χ1) is 12.0. The van der Waals surface area contributed by atoms with E-state index in [1.807, 2.05) is 43.3 Å². The molecule has 2 aromatic carbocycles. The van der Waals surface area contributed by atoms with Crippen LogP contribution in [0.25, 0.3) is 12.2 Å². The van der Waals surface area contributed by atoms with Gasteiger partial charge < -0.3 is 14.2 Å². The Morgan fingerprint density at radius 2 is 1.60 bits per heavy atom. The molecule has 0 heterocycles. The number of hydrogen-bond donors (Lipinski definition) is 0. The number of aryl methyl sites for hydroxylation is 1. The Balaban J connectivity index is 2.21. The van der Waals surface area contributed by atoms with Crippen molar-refractivity contribution in [1.82, 2.24) is 0 Å². The van der Waals surface area contributed by atoms with E-state index in [4.69, 9.17) is 14.2 Å². The summed E-state index contributed by atoms with van der Waals surface area (Å²) >= 11 is 0. The van der Waals surface area contributed by atoms with Crippen LogP contribution in [0.2, 0.25) is 0 Å². The van der Waals surface area contributed by atoms with Crippen molar-refractivity contribution in [2.75, 3.05) is 20.8 Å². The van der Waals surface area contributed by atoms with Crippen molar-refractivity contribution in [3.63, 3.8) is 0 Å². The highest BCUT2D eigenvalue weighted by molar-refractivity contribution is 5.71. The lowest BCUT2D eigenvalue weighted by Crippen LogP contribution is -1.95. The molecule has 0 aliphatic heterocycles. The lowest BCUT2D eigenvalue weighted by molar-refractivity contribution is 0.356. The van der Waals surface area contributed by atoms with Crippen LogP contribution in [0.15, 0.2) is 48.0 Å². The molecule has 0 bridgehead atoms. The van der Waals surface area contributed by atoms with Gasteiger partial charge in [-0.25, -0.2) is 0 Å². The minimum Gasteiger partial charge on any atom is -0.497 e. The molecule has 0 aromatic heterocycles. The minimum absolute atomic E-state index is 0.549. The molecule has 0 saturated carbocycles. The summed E-state index contributed by atoms with van der Waals surface area (Å²) in [5, 5.41) is 0. The van der Waals surface area contributed by atoms with Gasteiger partial charge in [0, 0.05) is 6.07 Å². The molecular weight excluding hydrogens is 312 g/mol. The lowest BCUT2D eigenvalue weighted by Gasteiger charge is -2.08. The molecule has 132 valence electrons. The van der Waals surface area contributed by atoms with Crippen LogP contribution in [0.3, 0.4) is 0 Å². The second-order valence-corrected chi connectivity index (χ2v) is 6.10. The summed E-state index contributed by atoms with van der Waals surface area (Å²) in [4.78, 5) is 0. The van der Waals surface area contributed by atoms with Crippen LogP contribution in [0.5, 0.6) is 17.2 Å². The van der Waals surface area contributed by atoms with Gasteiger partial charge in [-0.05, 0) is 61.7 Å². The Labute approximate surface area is 150 Å². The standard InChI is InChI=1S/C22H26O3/c1-16(2)10-11-25-21-13-19(12-20(15-21)23-4)9-8-18-7-6-17(3)22(14-18)24-5/h6-10,12-15H,11H2,1-5H3/b9-8+.